The molecule has 0 radical (unpaired) electrons. The lowest BCUT2D eigenvalue weighted by Crippen LogP contribution is -2.33. The van der Waals surface area contributed by atoms with E-state index in [9.17, 15) is 9.59 Å². The van der Waals surface area contributed by atoms with Gasteiger partial charge in [-0.3, -0.25) is 9.59 Å². The first-order valence-electron chi connectivity index (χ1n) is 6.71. The number of carbonyl (C=O) groups is 2. The minimum Gasteiger partial charge on any atom is -0.481 e. The summed E-state index contributed by atoms with van der Waals surface area (Å²) in [5.41, 5.74) is 1.60. The van der Waals surface area contributed by atoms with Crippen LogP contribution in [0.4, 0.5) is 0 Å². The Hall–Kier alpha value is -1.88. The maximum atomic E-state index is 12.1. The van der Waals surface area contributed by atoms with Crippen LogP contribution in [0.3, 0.4) is 0 Å². The van der Waals surface area contributed by atoms with Crippen LogP contribution in [0.5, 0.6) is 0 Å². The summed E-state index contributed by atoms with van der Waals surface area (Å²) in [6, 6.07) is 7.18. The van der Waals surface area contributed by atoms with Gasteiger partial charge >= 0.3 is 5.97 Å². The number of amides is 1. The highest BCUT2D eigenvalue weighted by atomic mass is 16.5. The monoisotopic (exact) mass is 277 g/mol. The van der Waals surface area contributed by atoms with Crippen LogP contribution in [0.1, 0.15) is 35.2 Å². The Morgan fingerprint density at radius 2 is 2.00 bits per heavy atom. The van der Waals surface area contributed by atoms with Gasteiger partial charge in [-0.1, -0.05) is 12.1 Å². The molecule has 1 aliphatic rings. The molecule has 1 amide bonds. The number of carboxylic acid groups (broad SMARTS) is 1. The molecule has 1 aromatic carbocycles. The summed E-state index contributed by atoms with van der Waals surface area (Å²) in [6.45, 7) is 0.519. The lowest BCUT2D eigenvalue weighted by molar-refractivity contribution is -0.141. The van der Waals surface area contributed by atoms with Crippen molar-refractivity contribution in [1.82, 2.24) is 5.32 Å². The van der Waals surface area contributed by atoms with Gasteiger partial charge in [-0.15, -0.1) is 0 Å². The highest BCUT2D eigenvalue weighted by Gasteiger charge is 2.30. The molecule has 2 N–H and O–H groups in total. The van der Waals surface area contributed by atoms with Gasteiger partial charge in [0.2, 0.25) is 0 Å². The van der Waals surface area contributed by atoms with Gasteiger partial charge < -0.3 is 15.2 Å². The molecular formula is C15H19NO4. The molecule has 0 saturated heterocycles. The first-order valence-corrected chi connectivity index (χ1v) is 6.71. The number of nitrogens with one attached hydrogen (secondary N) is 1. The molecule has 1 saturated carbocycles. The van der Waals surface area contributed by atoms with Gasteiger partial charge in [0.1, 0.15) is 0 Å². The minimum absolute atomic E-state index is 0.0396. The molecule has 0 spiro atoms. The van der Waals surface area contributed by atoms with Crippen LogP contribution in [0, 0.1) is 5.92 Å². The fourth-order valence-corrected chi connectivity index (χ4v) is 2.52. The van der Waals surface area contributed by atoms with Crippen molar-refractivity contribution in [3.8, 4) is 0 Å². The Morgan fingerprint density at radius 3 is 2.55 bits per heavy atom. The third kappa shape index (κ3) is 3.57. The van der Waals surface area contributed by atoms with Gasteiger partial charge in [0.15, 0.2) is 0 Å². The van der Waals surface area contributed by atoms with Gasteiger partial charge in [-0.05, 0) is 37.0 Å². The number of hydrogen-bond donors (Lipinski definition) is 2. The van der Waals surface area contributed by atoms with Crippen LogP contribution in [-0.4, -0.2) is 30.1 Å². The Morgan fingerprint density at radius 1 is 1.30 bits per heavy atom. The number of aliphatic carboxylic acids is 1. The van der Waals surface area contributed by atoms with Crippen molar-refractivity contribution in [2.24, 2.45) is 5.92 Å². The van der Waals surface area contributed by atoms with Crippen LogP contribution in [0.15, 0.2) is 24.3 Å². The first-order chi connectivity index (χ1) is 9.60. The molecule has 0 aliphatic heterocycles. The number of ether oxygens (including phenoxy) is 1. The standard InChI is InChI=1S/C15H19NO4/c1-20-9-10-2-4-11(5-3-10)14(17)16-13-7-6-12(8-13)15(18)19/h2-5,12-13H,6-9H2,1H3,(H,16,17)(H,18,19)/t12-,13+/m1/s1. The number of rotatable bonds is 5. The SMILES string of the molecule is COCc1ccc(C(=O)N[C@H]2CC[C@@H](C(=O)O)C2)cc1. The van der Waals surface area contributed by atoms with E-state index in [2.05, 4.69) is 5.32 Å². The van der Waals surface area contributed by atoms with Crippen LogP contribution in [0.25, 0.3) is 0 Å². The Bertz CT molecular complexity index is 483. The zero-order valence-corrected chi connectivity index (χ0v) is 11.5. The molecule has 0 unspecified atom stereocenters. The summed E-state index contributed by atoms with van der Waals surface area (Å²) in [4.78, 5) is 22.9. The normalized spacial score (nSPS) is 21.6. The molecular weight excluding hydrogens is 258 g/mol. The van der Waals surface area contributed by atoms with Gasteiger partial charge in [0, 0.05) is 18.7 Å². The maximum Gasteiger partial charge on any atom is 0.306 e. The van der Waals surface area contributed by atoms with Gasteiger partial charge in [-0.25, -0.2) is 0 Å². The van der Waals surface area contributed by atoms with Crippen molar-refractivity contribution in [3.05, 3.63) is 35.4 Å². The van der Waals surface area contributed by atoms with Gasteiger partial charge in [-0.2, -0.15) is 0 Å². The molecule has 2 atom stereocenters. The molecule has 0 heterocycles. The molecule has 5 heteroatoms. The molecule has 2 rings (SSSR count). The van der Waals surface area contributed by atoms with Crippen LogP contribution < -0.4 is 5.32 Å². The highest BCUT2D eigenvalue weighted by Crippen LogP contribution is 2.25. The lowest BCUT2D eigenvalue weighted by atomic mass is 10.1. The van der Waals surface area contributed by atoms with Crippen molar-refractivity contribution >= 4 is 11.9 Å². The summed E-state index contributed by atoms with van der Waals surface area (Å²) in [5, 5.41) is 11.8. The fraction of sp³-hybridized carbons (Fsp3) is 0.467. The largest absolute Gasteiger partial charge is 0.481 e. The molecule has 1 aliphatic carbocycles. The Kier molecular flexibility index (Phi) is 4.74. The Balaban J connectivity index is 1.90. The quantitative estimate of drug-likeness (QED) is 0.860. The van der Waals surface area contributed by atoms with Crippen LogP contribution >= 0.6 is 0 Å². The second-order valence-electron chi connectivity index (χ2n) is 5.15. The zero-order chi connectivity index (χ0) is 14.5. The minimum atomic E-state index is -0.773. The second kappa shape index (κ2) is 6.52. The highest BCUT2D eigenvalue weighted by molar-refractivity contribution is 5.94. The summed E-state index contributed by atoms with van der Waals surface area (Å²) < 4.78 is 5.01. The van der Waals surface area contributed by atoms with Crippen molar-refractivity contribution in [2.45, 2.75) is 31.9 Å². The van der Waals surface area contributed by atoms with Gasteiger partial charge in [0.25, 0.3) is 5.91 Å². The number of methoxy groups -OCH3 is 1. The summed E-state index contributed by atoms with van der Waals surface area (Å²) in [6.07, 6.45) is 1.88. The lowest BCUT2D eigenvalue weighted by Gasteiger charge is -2.12. The first kappa shape index (κ1) is 14.5. The predicted octanol–water partition coefficient (Wildman–Crippen LogP) is 1.82. The number of carbonyl (C=O) groups excluding carboxylic acids is 1. The molecule has 108 valence electrons. The van der Waals surface area contributed by atoms with Crippen molar-refractivity contribution in [3.63, 3.8) is 0 Å². The molecule has 20 heavy (non-hydrogen) atoms. The topological polar surface area (TPSA) is 75.6 Å². The number of carboxylic acids is 1. The average Bonchev–Trinajstić information content (AvgIpc) is 2.88. The average molecular weight is 277 g/mol. The summed E-state index contributed by atoms with van der Waals surface area (Å²) in [7, 11) is 1.62. The maximum absolute atomic E-state index is 12.1. The predicted molar refractivity (Wildman–Crippen MR) is 73.4 cm³/mol. The number of hydrogen-bond acceptors (Lipinski definition) is 3. The Labute approximate surface area is 117 Å². The van der Waals surface area contributed by atoms with E-state index in [0.717, 1.165) is 12.0 Å². The van der Waals surface area contributed by atoms with Crippen molar-refractivity contribution in [1.29, 1.82) is 0 Å². The third-order valence-corrected chi connectivity index (χ3v) is 3.64. The summed E-state index contributed by atoms with van der Waals surface area (Å²) in [5.74, 6) is -1.25. The third-order valence-electron chi connectivity index (χ3n) is 3.64. The molecule has 0 aromatic heterocycles. The summed E-state index contributed by atoms with van der Waals surface area (Å²) >= 11 is 0. The molecule has 5 nitrogen and oxygen atoms in total. The zero-order valence-electron chi connectivity index (χ0n) is 11.5. The number of benzene rings is 1. The van der Waals surface area contributed by atoms with E-state index in [4.69, 9.17) is 9.84 Å². The van der Waals surface area contributed by atoms with E-state index in [-0.39, 0.29) is 17.9 Å². The fourth-order valence-electron chi connectivity index (χ4n) is 2.52. The van der Waals surface area contributed by atoms with E-state index in [1.165, 1.54) is 0 Å². The second-order valence-corrected chi connectivity index (χ2v) is 5.15. The van der Waals surface area contributed by atoms with E-state index in [0.29, 0.717) is 25.0 Å². The molecule has 1 fully saturated rings. The smallest absolute Gasteiger partial charge is 0.306 e. The molecule has 1 aromatic rings. The van der Waals surface area contributed by atoms with E-state index >= 15 is 0 Å². The van der Waals surface area contributed by atoms with Gasteiger partial charge in [0.05, 0.1) is 12.5 Å². The van der Waals surface area contributed by atoms with Crippen molar-refractivity contribution in [2.75, 3.05) is 7.11 Å². The van der Waals surface area contributed by atoms with Crippen molar-refractivity contribution < 1.29 is 19.4 Å². The van der Waals surface area contributed by atoms with E-state index < -0.39 is 5.97 Å². The molecule has 0 bridgehead atoms. The van der Waals surface area contributed by atoms with Crippen LogP contribution in [0.2, 0.25) is 0 Å². The van der Waals surface area contributed by atoms with E-state index in [1.807, 2.05) is 12.1 Å². The van der Waals surface area contributed by atoms with Crippen LogP contribution in [-0.2, 0) is 16.1 Å². The van der Waals surface area contributed by atoms with E-state index in [1.54, 1.807) is 19.2 Å².